The van der Waals surface area contributed by atoms with Crippen LogP contribution < -0.4 is 5.32 Å². The molecule has 0 aromatic heterocycles. The minimum atomic E-state index is -0.989. The Labute approximate surface area is 124 Å². The zero-order valence-corrected chi connectivity index (χ0v) is 12.9. The lowest BCUT2D eigenvalue weighted by atomic mass is 10.1. The van der Waals surface area contributed by atoms with Gasteiger partial charge in [-0.25, -0.2) is 4.79 Å². The maximum Gasteiger partial charge on any atom is 0.326 e. The van der Waals surface area contributed by atoms with Crippen molar-refractivity contribution in [3.8, 4) is 0 Å². The molecule has 1 aromatic rings. The first kappa shape index (κ1) is 16.6. The first-order chi connectivity index (χ1) is 9.40. The second kappa shape index (κ2) is 7.94. The summed E-state index contributed by atoms with van der Waals surface area (Å²) in [5, 5.41) is 11.6. The maximum atomic E-state index is 11.7. The number of rotatable bonds is 7. The topological polar surface area (TPSA) is 66.4 Å². The number of aryl methyl sites for hydroxylation is 1. The Hall–Kier alpha value is -1.49. The molecule has 20 heavy (non-hydrogen) atoms. The number of hydrogen-bond acceptors (Lipinski definition) is 3. The van der Waals surface area contributed by atoms with Crippen LogP contribution in [0.2, 0.25) is 0 Å². The van der Waals surface area contributed by atoms with Gasteiger partial charge in [0.05, 0.1) is 5.75 Å². The molecule has 0 bridgehead atoms. The molecule has 0 aliphatic carbocycles. The first-order valence-electron chi connectivity index (χ1n) is 6.55. The summed E-state index contributed by atoms with van der Waals surface area (Å²) in [4.78, 5) is 22.7. The van der Waals surface area contributed by atoms with Crippen LogP contribution in [-0.4, -0.2) is 28.8 Å². The molecule has 1 amide bonds. The third-order valence-electron chi connectivity index (χ3n) is 2.83. The average Bonchev–Trinajstić information content (AvgIpc) is 2.35. The van der Waals surface area contributed by atoms with E-state index in [0.717, 1.165) is 5.75 Å². The highest BCUT2D eigenvalue weighted by atomic mass is 32.2. The summed E-state index contributed by atoms with van der Waals surface area (Å²) >= 11 is 1.48. The van der Waals surface area contributed by atoms with E-state index in [0.29, 0.717) is 0 Å². The average molecular weight is 295 g/mol. The monoisotopic (exact) mass is 295 g/mol. The smallest absolute Gasteiger partial charge is 0.326 e. The van der Waals surface area contributed by atoms with Gasteiger partial charge in [-0.2, -0.15) is 0 Å². The molecule has 110 valence electrons. The van der Waals surface area contributed by atoms with Crippen LogP contribution in [0.3, 0.4) is 0 Å². The van der Waals surface area contributed by atoms with Gasteiger partial charge in [-0.05, 0) is 18.4 Å². The van der Waals surface area contributed by atoms with Crippen molar-refractivity contribution in [1.29, 1.82) is 0 Å². The van der Waals surface area contributed by atoms with Crippen LogP contribution in [0.15, 0.2) is 24.3 Å². The van der Waals surface area contributed by atoms with Gasteiger partial charge in [-0.15, -0.1) is 11.8 Å². The summed E-state index contributed by atoms with van der Waals surface area (Å²) < 4.78 is 0. The number of hydrogen-bond donors (Lipinski definition) is 2. The molecule has 0 saturated carbocycles. The highest BCUT2D eigenvalue weighted by Gasteiger charge is 2.22. The lowest BCUT2D eigenvalue weighted by Gasteiger charge is -2.17. The Kier molecular flexibility index (Phi) is 6.58. The highest BCUT2D eigenvalue weighted by Crippen LogP contribution is 2.13. The van der Waals surface area contributed by atoms with E-state index in [1.807, 2.05) is 25.1 Å². The molecule has 0 spiro atoms. The summed E-state index contributed by atoms with van der Waals surface area (Å²) in [6.45, 7) is 5.58. The second-order valence-electron chi connectivity index (χ2n) is 5.11. The third kappa shape index (κ3) is 5.65. The van der Waals surface area contributed by atoms with E-state index in [9.17, 15) is 9.59 Å². The number of carbonyl (C=O) groups excluding carboxylic acids is 1. The summed E-state index contributed by atoms with van der Waals surface area (Å²) in [6.07, 6.45) is 0. The van der Waals surface area contributed by atoms with Crippen molar-refractivity contribution in [2.24, 2.45) is 5.92 Å². The Morgan fingerprint density at radius 1 is 1.35 bits per heavy atom. The number of thioether (sulfide) groups is 1. The van der Waals surface area contributed by atoms with Crippen molar-refractivity contribution in [2.45, 2.75) is 32.6 Å². The molecule has 0 aliphatic rings. The molecular weight excluding hydrogens is 274 g/mol. The molecule has 2 N–H and O–H groups in total. The van der Waals surface area contributed by atoms with E-state index in [-0.39, 0.29) is 17.6 Å². The number of carbonyl (C=O) groups is 2. The number of amides is 1. The Balaban J connectivity index is 2.38. The number of benzene rings is 1. The maximum absolute atomic E-state index is 11.7. The van der Waals surface area contributed by atoms with Gasteiger partial charge in [0.25, 0.3) is 0 Å². The van der Waals surface area contributed by atoms with Crippen LogP contribution in [0, 0.1) is 12.8 Å². The predicted octanol–water partition coefficient (Wildman–Crippen LogP) is 2.45. The van der Waals surface area contributed by atoms with E-state index in [4.69, 9.17) is 5.11 Å². The molecule has 5 heteroatoms. The Bertz CT molecular complexity index is 474. The van der Waals surface area contributed by atoms with E-state index in [1.165, 1.54) is 22.9 Å². The minimum Gasteiger partial charge on any atom is -0.480 e. The third-order valence-corrected chi connectivity index (χ3v) is 3.84. The van der Waals surface area contributed by atoms with Crippen LogP contribution in [0.4, 0.5) is 0 Å². The molecule has 0 unspecified atom stereocenters. The van der Waals surface area contributed by atoms with Crippen molar-refractivity contribution >= 4 is 23.6 Å². The molecule has 1 atom stereocenters. The van der Waals surface area contributed by atoms with Gasteiger partial charge in [0.15, 0.2) is 0 Å². The Morgan fingerprint density at radius 3 is 2.60 bits per heavy atom. The fourth-order valence-corrected chi connectivity index (χ4v) is 2.58. The molecule has 1 rings (SSSR count). The molecule has 0 heterocycles. The van der Waals surface area contributed by atoms with Gasteiger partial charge in [0, 0.05) is 5.75 Å². The summed E-state index contributed by atoms with van der Waals surface area (Å²) in [7, 11) is 0. The molecule has 1 aromatic carbocycles. The van der Waals surface area contributed by atoms with E-state index in [1.54, 1.807) is 13.8 Å². The van der Waals surface area contributed by atoms with Gasteiger partial charge >= 0.3 is 5.97 Å². The number of aliphatic carboxylic acids is 1. The van der Waals surface area contributed by atoms with Crippen LogP contribution in [0.5, 0.6) is 0 Å². The van der Waals surface area contributed by atoms with Crippen molar-refractivity contribution in [3.63, 3.8) is 0 Å². The zero-order valence-electron chi connectivity index (χ0n) is 12.1. The number of carboxylic acid groups (broad SMARTS) is 1. The van der Waals surface area contributed by atoms with E-state index in [2.05, 4.69) is 11.4 Å². The van der Waals surface area contributed by atoms with Gasteiger partial charge < -0.3 is 10.4 Å². The predicted molar refractivity (Wildman–Crippen MR) is 81.7 cm³/mol. The molecular formula is C15H21NO3S. The van der Waals surface area contributed by atoms with Gasteiger partial charge in [-0.3, -0.25) is 4.79 Å². The second-order valence-corrected chi connectivity index (χ2v) is 6.09. The molecule has 0 radical (unpaired) electrons. The summed E-state index contributed by atoms with van der Waals surface area (Å²) in [5.41, 5.74) is 2.36. The standard InChI is InChI=1S/C15H21NO3S/c1-10(2)14(15(18)19)16-13(17)9-20-8-12-6-4-5-11(3)7-12/h4-7,10,14H,8-9H2,1-3H3,(H,16,17)(H,18,19)/t14-/m1/s1. The van der Waals surface area contributed by atoms with Crippen LogP contribution in [0.1, 0.15) is 25.0 Å². The molecule has 4 nitrogen and oxygen atoms in total. The van der Waals surface area contributed by atoms with E-state index >= 15 is 0 Å². The van der Waals surface area contributed by atoms with Crippen molar-refractivity contribution in [3.05, 3.63) is 35.4 Å². The quantitative estimate of drug-likeness (QED) is 0.811. The van der Waals surface area contributed by atoms with Crippen LogP contribution >= 0.6 is 11.8 Å². The van der Waals surface area contributed by atoms with Gasteiger partial charge in [0.2, 0.25) is 5.91 Å². The van der Waals surface area contributed by atoms with Crippen LogP contribution in [-0.2, 0) is 15.3 Å². The lowest BCUT2D eigenvalue weighted by Crippen LogP contribution is -2.45. The largest absolute Gasteiger partial charge is 0.480 e. The van der Waals surface area contributed by atoms with Crippen molar-refractivity contribution in [2.75, 3.05) is 5.75 Å². The summed E-state index contributed by atoms with van der Waals surface area (Å²) in [6, 6.07) is 7.30. The summed E-state index contributed by atoms with van der Waals surface area (Å²) in [5.74, 6) is -0.335. The zero-order chi connectivity index (χ0) is 15.1. The SMILES string of the molecule is Cc1cccc(CSCC(=O)N[C@@H](C(=O)O)C(C)C)c1. The Morgan fingerprint density at radius 2 is 2.05 bits per heavy atom. The lowest BCUT2D eigenvalue weighted by molar-refractivity contribution is -0.142. The number of carboxylic acids is 1. The fraction of sp³-hybridized carbons (Fsp3) is 0.467. The van der Waals surface area contributed by atoms with Gasteiger partial charge in [0.1, 0.15) is 6.04 Å². The molecule has 0 fully saturated rings. The number of nitrogens with one attached hydrogen (secondary N) is 1. The minimum absolute atomic E-state index is 0.127. The molecule has 0 aliphatic heterocycles. The normalized spacial score (nSPS) is 12.2. The highest BCUT2D eigenvalue weighted by molar-refractivity contribution is 7.99. The van der Waals surface area contributed by atoms with E-state index < -0.39 is 12.0 Å². The van der Waals surface area contributed by atoms with Crippen molar-refractivity contribution < 1.29 is 14.7 Å². The van der Waals surface area contributed by atoms with Crippen molar-refractivity contribution in [1.82, 2.24) is 5.32 Å². The van der Waals surface area contributed by atoms with Crippen LogP contribution in [0.25, 0.3) is 0 Å². The molecule has 0 saturated heterocycles. The fourth-order valence-electron chi connectivity index (χ4n) is 1.79. The first-order valence-corrected chi connectivity index (χ1v) is 7.71. The van der Waals surface area contributed by atoms with Gasteiger partial charge in [-0.1, -0.05) is 43.7 Å².